The van der Waals surface area contributed by atoms with Gasteiger partial charge in [0.15, 0.2) is 5.78 Å². The summed E-state index contributed by atoms with van der Waals surface area (Å²) in [5.74, 6) is -0.0247. The largest absolute Gasteiger partial charge is 0.496 e. The molecule has 1 aliphatic carbocycles. The van der Waals surface area contributed by atoms with Crippen LogP contribution in [0.1, 0.15) is 55.3 Å². The molecule has 1 aromatic carbocycles. The number of rotatable bonds is 12. The first-order valence-corrected chi connectivity index (χ1v) is 13.6. The van der Waals surface area contributed by atoms with E-state index in [1.807, 2.05) is 22.7 Å². The molecule has 1 aliphatic heterocycles. The summed E-state index contributed by atoms with van der Waals surface area (Å²) in [4.78, 5) is 20.0. The number of ketones is 1. The van der Waals surface area contributed by atoms with Crippen LogP contribution in [0.2, 0.25) is 0 Å². The number of carbonyl (C=O) groups is 1. The maximum Gasteiger partial charge on any atom is 0.387 e. The van der Waals surface area contributed by atoms with Gasteiger partial charge in [0.1, 0.15) is 28.5 Å². The number of benzene rings is 1. The van der Waals surface area contributed by atoms with Crippen LogP contribution in [0.15, 0.2) is 36.7 Å². The molecule has 2 aliphatic rings. The van der Waals surface area contributed by atoms with Gasteiger partial charge in [0, 0.05) is 30.8 Å². The maximum atomic E-state index is 13.4. The number of pyridine rings is 1. The highest BCUT2D eigenvalue weighted by atomic mass is 19.3. The zero-order valence-corrected chi connectivity index (χ0v) is 22.2. The van der Waals surface area contributed by atoms with Crippen LogP contribution in [0, 0.1) is 5.92 Å². The van der Waals surface area contributed by atoms with Crippen LogP contribution in [0.3, 0.4) is 0 Å². The Morgan fingerprint density at radius 2 is 1.95 bits per heavy atom. The van der Waals surface area contributed by atoms with Crippen molar-refractivity contribution in [2.24, 2.45) is 5.92 Å². The number of likely N-dealkylation sites (tertiary alicyclic amines) is 1. The second-order valence-electron chi connectivity index (χ2n) is 10.3. The Labute approximate surface area is 226 Å². The molecule has 1 N–H and O–H groups in total. The van der Waals surface area contributed by atoms with E-state index in [0.717, 1.165) is 26.1 Å². The normalized spacial score (nSPS) is 19.7. The summed E-state index contributed by atoms with van der Waals surface area (Å²) in [6.07, 6.45) is 9.07. The Bertz CT molecular complexity index is 1290. The molecule has 0 radical (unpaired) electrons. The molecular weight excluding hydrogens is 508 g/mol. The molecule has 8 nitrogen and oxygen atoms in total. The third-order valence-electron chi connectivity index (χ3n) is 7.72. The number of alkyl halides is 2. The predicted molar refractivity (Wildman–Crippen MR) is 142 cm³/mol. The zero-order valence-electron chi connectivity index (χ0n) is 22.2. The number of ether oxygens (including phenoxy) is 3. The quantitative estimate of drug-likeness (QED) is 0.248. The molecule has 2 atom stereocenters. The van der Waals surface area contributed by atoms with Gasteiger partial charge in [-0.3, -0.25) is 9.20 Å². The van der Waals surface area contributed by atoms with Crippen LogP contribution in [-0.2, 0) is 0 Å². The number of carbonyl (C=O) groups excluding carboxylic acids is 1. The average Bonchev–Trinajstić information content (AvgIpc) is 3.36. The van der Waals surface area contributed by atoms with Crippen molar-refractivity contribution in [2.45, 2.75) is 57.7 Å². The highest BCUT2D eigenvalue weighted by Gasteiger charge is 2.33. The van der Waals surface area contributed by atoms with Crippen LogP contribution >= 0.6 is 0 Å². The fourth-order valence-electron chi connectivity index (χ4n) is 5.42. The van der Waals surface area contributed by atoms with Crippen molar-refractivity contribution < 1.29 is 32.9 Å². The van der Waals surface area contributed by atoms with E-state index >= 15 is 0 Å². The number of fused-ring (bicyclic) bond motifs is 1. The van der Waals surface area contributed by atoms with E-state index in [1.165, 1.54) is 32.4 Å². The molecule has 3 heterocycles. The van der Waals surface area contributed by atoms with E-state index < -0.39 is 18.5 Å². The molecule has 39 heavy (non-hydrogen) atoms. The van der Waals surface area contributed by atoms with Gasteiger partial charge < -0.3 is 24.2 Å². The van der Waals surface area contributed by atoms with E-state index in [4.69, 9.17) is 14.2 Å². The molecule has 1 saturated carbocycles. The number of aliphatic hydroxyl groups excluding tert-OH is 1. The second-order valence-corrected chi connectivity index (χ2v) is 10.3. The monoisotopic (exact) mass is 543 g/mol. The van der Waals surface area contributed by atoms with Crippen molar-refractivity contribution in [1.29, 1.82) is 0 Å². The minimum absolute atomic E-state index is 0.0346. The number of nitrogens with zero attached hydrogens (tertiary/aromatic N) is 3. The SMILES string of the molecule is COc1cc(-c2cnc3cc(OCCCN4CCCCC4)ccn23)cc(OC(F)F)c1C(=O)C[C@@H]1CC[C@H]1O. The molecule has 1 saturated heterocycles. The first-order chi connectivity index (χ1) is 18.9. The second kappa shape index (κ2) is 12.3. The smallest absolute Gasteiger partial charge is 0.387 e. The Hall–Kier alpha value is -3.24. The lowest BCUT2D eigenvalue weighted by Crippen LogP contribution is -2.33. The Balaban J connectivity index is 1.35. The van der Waals surface area contributed by atoms with Gasteiger partial charge in [-0.25, -0.2) is 4.98 Å². The van der Waals surface area contributed by atoms with E-state index in [0.29, 0.717) is 42.1 Å². The lowest BCUT2D eigenvalue weighted by molar-refractivity contribution is -0.0503. The first-order valence-electron chi connectivity index (χ1n) is 13.6. The molecular formula is C29H35F2N3O5. The molecule has 0 unspecified atom stereocenters. The highest BCUT2D eigenvalue weighted by molar-refractivity contribution is 6.02. The van der Waals surface area contributed by atoms with Crippen LogP contribution in [-0.4, -0.2) is 71.2 Å². The van der Waals surface area contributed by atoms with Crippen molar-refractivity contribution in [3.63, 3.8) is 0 Å². The van der Waals surface area contributed by atoms with Crippen molar-refractivity contribution in [3.05, 3.63) is 42.2 Å². The number of aliphatic hydroxyl groups is 1. The number of halogens is 2. The summed E-state index contributed by atoms with van der Waals surface area (Å²) in [5, 5.41) is 9.89. The first kappa shape index (κ1) is 27.3. The Kier molecular flexibility index (Phi) is 8.62. The van der Waals surface area contributed by atoms with Gasteiger partial charge in [-0.15, -0.1) is 0 Å². The van der Waals surface area contributed by atoms with Crippen LogP contribution in [0.25, 0.3) is 16.9 Å². The van der Waals surface area contributed by atoms with Gasteiger partial charge in [-0.2, -0.15) is 8.78 Å². The van der Waals surface area contributed by atoms with Gasteiger partial charge in [-0.1, -0.05) is 6.42 Å². The van der Waals surface area contributed by atoms with E-state index in [-0.39, 0.29) is 29.4 Å². The van der Waals surface area contributed by atoms with Crippen molar-refractivity contribution >= 4 is 11.4 Å². The fraction of sp³-hybridized carbons (Fsp3) is 0.517. The molecule has 0 amide bonds. The summed E-state index contributed by atoms with van der Waals surface area (Å²) in [6, 6.07) is 6.71. The molecule has 2 aromatic heterocycles. The van der Waals surface area contributed by atoms with E-state index in [9.17, 15) is 18.7 Å². The lowest BCUT2D eigenvalue weighted by Gasteiger charge is -2.32. The third-order valence-corrected chi connectivity index (χ3v) is 7.72. The van der Waals surface area contributed by atoms with Crippen molar-refractivity contribution in [2.75, 3.05) is 33.4 Å². The predicted octanol–water partition coefficient (Wildman–Crippen LogP) is 5.21. The van der Waals surface area contributed by atoms with Gasteiger partial charge in [0.2, 0.25) is 0 Å². The summed E-state index contributed by atoms with van der Waals surface area (Å²) in [7, 11) is 1.38. The number of hydrogen-bond donors (Lipinski definition) is 1. The summed E-state index contributed by atoms with van der Waals surface area (Å²) >= 11 is 0. The van der Waals surface area contributed by atoms with Crippen molar-refractivity contribution in [3.8, 4) is 28.5 Å². The number of methoxy groups -OCH3 is 1. The van der Waals surface area contributed by atoms with Gasteiger partial charge >= 0.3 is 6.61 Å². The summed E-state index contributed by atoms with van der Waals surface area (Å²) in [5.41, 5.74) is 1.71. The van der Waals surface area contributed by atoms with Crippen molar-refractivity contribution in [1.82, 2.24) is 14.3 Å². The summed E-state index contributed by atoms with van der Waals surface area (Å²) in [6.45, 7) is 0.842. The van der Waals surface area contributed by atoms with Crippen LogP contribution in [0.4, 0.5) is 8.78 Å². The van der Waals surface area contributed by atoms with Gasteiger partial charge in [0.25, 0.3) is 0 Å². The molecule has 0 spiro atoms. The number of Topliss-reactive ketones (excluding diaryl/α,β-unsaturated/α-hetero) is 1. The molecule has 5 rings (SSSR count). The third kappa shape index (κ3) is 6.33. The van der Waals surface area contributed by atoms with Crippen LogP contribution in [0.5, 0.6) is 17.2 Å². The maximum absolute atomic E-state index is 13.4. The molecule has 2 fully saturated rings. The molecule has 0 bridgehead atoms. The van der Waals surface area contributed by atoms with Gasteiger partial charge in [0.05, 0.1) is 31.7 Å². The zero-order chi connectivity index (χ0) is 27.4. The van der Waals surface area contributed by atoms with Crippen LogP contribution < -0.4 is 14.2 Å². The minimum atomic E-state index is -3.12. The lowest BCUT2D eigenvalue weighted by atomic mass is 9.78. The molecule has 3 aromatic rings. The fourth-order valence-corrected chi connectivity index (χ4v) is 5.42. The Morgan fingerprint density at radius 1 is 1.15 bits per heavy atom. The number of aromatic nitrogens is 2. The molecule has 10 heteroatoms. The number of hydrogen-bond acceptors (Lipinski definition) is 7. The minimum Gasteiger partial charge on any atom is -0.496 e. The topological polar surface area (TPSA) is 85.5 Å². The number of imidazole rings is 1. The highest BCUT2D eigenvalue weighted by Crippen LogP contribution is 2.39. The number of piperidine rings is 1. The Morgan fingerprint density at radius 3 is 2.64 bits per heavy atom. The van der Waals surface area contributed by atoms with Gasteiger partial charge in [-0.05, 0) is 69.3 Å². The van der Waals surface area contributed by atoms with E-state index in [1.54, 1.807) is 12.3 Å². The average molecular weight is 544 g/mol. The standard InChI is InChI=1S/C29H35F2N3O5/c1-37-25-15-20(16-26(39-29(30)31)28(25)24(36)14-19-6-7-23(19)35)22-18-32-27-17-21(8-12-34(22)27)38-13-5-11-33-9-3-2-4-10-33/h8,12,15-19,23,29,35H,2-7,9-11,13-14H2,1H3/t19-,23+/m0/s1. The molecule has 210 valence electrons. The summed E-state index contributed by atoms with van der Waals surface area (Å²) < 4.78 is 44.7. The van der Waals surface area contributed by atoms with E-state index in [2.05, 4.69) is 9.88 Å².